The van der Waals surface area contributed by atoms with E-state index in [2.05, 4.69) is 9.97 Å². The van der Waals surface area contributed by atoms with Gasteiger partial charge in [0, 0.05) is 0 Å². The number of guanidine groups is 1. The predicted molar refractivity (Wildman–Crippen MR) is 98.0 cm³/mol. The van der Waals surface area contributed by atoms with Gasteiger partial charge in [-0.05, 0) is 0 Å². The van der Waals surface area contributed by atoms with Gasteiger partial charge in [-0.3, -0.25) is 15.5 Å². The molecule has 0 aliphatic carbocycles. The first kappa shape index (κ1) is 32.9. The normalized spacial score (nSPS) is 10.7. The molecule has 1 aromatic rings. The lowest BCUT2D eigenvalue weighted by Crippen LogP contribution is -2.36. The number of carbonyl (C=O) groups is 1. The highest BCUT2D eigenvalue weighted by Crippen LogP contribution is 2.26. The molecule has 1 heterocycles. The third-order valence-electron chi connectivity index (χ3n) is 1.37. The summed E-state index contributed by atoms with van der Waals surface area (Å²) in [6.07, 6.45) is 0. The monoisotopic (exact) mass is 523 g/mol. The molecule has 20 nitrogen and oxygen atoms in total. The van der Waals surface area contributed by atoms with Gasteiger partial charge in [0.15, 0.2) is 28.4 Å². The number of hydrogen-bond acceptors (Lipinski definition) is 9. The zero-order valence-electron chi connectivity index (χ0n) is 14.0. The van der Waals surface area contributed by atoms with Crippen molar-refractivity contribution < 1.29 is 62.5 Å². The van der Waals surface area contributed by atoms with Gasteiger partial charge in [0.2, 0.25) is 0 Å². The van der Waals surface area contributed by atoms with Crippen LogP contribution in [0.15, 0.2) is 0 Å². The van der Waals surface area contributed by atoms with E-state index in [0.717, 1.165) is 0 Å². The lowest BCUT2D eigenvalue weighted by molar-refractivity contribution is 0.0972. The highest BCUT2D eigenvalue weighted by atomic mass is 35.5. The van der Waals surface area contributed by atoms with E-state index in [9.17, 15) is 4.79 Å². The Morgan fingerprint density at radius 1 is 0.833 bits per heavy atom. The molecule has 0 spiro atoms. The summed E-state index contributed by atoms with van der Waals surface area (Å²) in [7, 11) is -13.9. The van der Waals surface area contributed by atoms with Crippen LogP contribution in [-0.4, -0.2) is 65.9 Å². The summed E-state index contributed by atoms with van der Waals surface area (Å²) in [5, 5.41) is 8.69. The number of rotatable bonds is 1. The fourth-order valence-corrected chi connectivity index (χ4v) is 0.917. The van der Waals surface area contributed by atoms with Gasteiger partial charge in [-0.25, -0.2) is 23.7 Å². The summed E-state index contributed by atoms with van der Waals surface area (Å²) in [6, 6.07) is 0. The minimum atomic E-state index is -4.64. The predicted octanol–water partition coefficient (Wildman–Crippen LogP) is -3.87. The Bertz CT molecular complexity index is 793. The van der Waals surface area contributed by atoms with Crippen LogP contribution in [-0.2, 0) is 13.7 Å². The van der Waals surface area contributed by atoms with Crippen LogP contribution >= 0.6 is 35.1 Å². The van der Waals surface area contributed by atoms with Crippen LogP contribution in [0, 0.1) is 5.41 Å². The van der Waals surface area contributed by atoms with Gasteiger partial charge in [-0.1, -0.05) is 11.6 Å². The van der Waals surface area contributed by atoms with Crippen LogP contribution < -0.4 is 22.5 Å². The highest BCUT2D eigenvalue weighted by Gasteiger charge is 2.16. The topological polar surface area (TPSA) is 390 Å². The van der Waals surface area contributed by atoms with Crippen LogP contribution in [0.1, 0.15) is 10.5 Å². The Balaban J connectivity index is -0.000000400. The van der Waals surface area contributed by atoms with E-state index in [0.29, 0.717) is 0 Å². The van der Waals surface area contributed by atoms with Gasteiger partial charge in [-0.2, -0.15) is 0 Å². The number of aromatic nitrogens is 2. The average Bonchev–Trinajstić information content (AvgIpc) is 2.36. The molecule has 0 bridgehead atoms. The highest BCUT2D eigenvalue weighted by molar-refractivity contribution is 7.45. The molecule has 0 saturated heterocycles. The zero-order chi connectivity index (χ0) is 25.1. The van der Waals surface area contributed by atoms with E-state index in [4.69, 9.17) is 91.9 Å². The second-order valence-electron chi connectivity index (χ2n) is 4.04. The van der Waals surface area contributed by atoms with E-state index in [1.807, 2.05) is 5.32 Å². The zero-order valence-corrected chi connectivity index (χ0v) is 17.4. The fourth-order valence-electron chi connectivity index (χ4n) is 0.790. The number of nitrogens with one attached hydrogen (secondary N) is 2. The Morgan fingerprint density at radius 2 is 1.13 bits per heavy atom. The van der Waals surface area contributed by atoms with Gasteiger partial charge in [0.1, 0.15) is 0 Å². The Labute approximate surface area is 170 Å². The SMILES string of the molecule is N=C(N)NC(=O)c1nc(Cl)c(N)nc1N.O=P(O)(O)O.O=P(O)(O)O.O=P(O)(O)O. The van der Waals surface area contributed by atoms with Crippen molar-refractivity contribution in [3.63, 3.8) is 0 Å². The maximum atomic E-state index is 11.3. The minimum absolute atomic E-state index is 0.0754. The quantitative estimate of drug-likeness (QED) is 0.0949. The lowest BCUT2D eigenvalue weighted by Gasteiger charge is -2.05. The van der Waals surface area contributed by atoms with Crippen molar-refractivity contribution in [2.75, 3.05) is 11.5 Å². The summed E-state index contributed by atoms with van der Waals surface area (Å²) in [5.41, 5.74) is 15.4. The van der Waals surface area contributed by atoms with E-state index >= 15 is 0 Å². The maximum absolute atomic E-state index is 11.3. The van der Waals surface area contributed by atoms with E-state index < -0.39 is 35.3 Å². The Morgan fingerprint density at radius 3 is 1.40 bits per heavy atom. The third-order valence-corrected chi connectivity index (χ3v) is 1.65. The number of nitrogens with two attached hydrogens (primary N) is 3. The molecule has 0 aromatic carbocycles. The largest absolute Gasteiger partial charge is 0.466 e. The van der Waals surface area contributed by atoms with Crippen molar-refractivity contribution in [3.8, 4) is 0 Å². The first-order chi connectivity index (χ1) is 12.9. The Hall–Kier alpha value is -1.76. The summed E-state index contributed by atoms with van der Waals surface area (Å²) in [5.74, 6) is -1.56. The summed E-state index contributed by atoms with van der Waals surface area (Å²) in [6.45, 7) is 0. The number of hydrogen-bond donors (Lipinski definition) is 14. The van der Waals surface area contributed by atoms with Gasteiger partial charge in [0.05, 0.1) is 0 Å². The van der Waals surface area contributed by atoms with Crippen molar-refractivity contribution >= 4 is 58.6 Å². The molecule has 0 aliphatic heterocycles. The molecule has 24 heteroatoms. The molecule has 1 aromatic heterocycles. The number of phosphoric acid groups is 3. The first-order valence-corrected chi connectivity index (χ1v) is 11.1. The van der Waals surface area contributed by atoms with Gasteiger partial charge >= 0.3 is 23.5 Å². The second kappa shape index (κ2) is 13.5. The molecule has 0 unspecified atom stereocenters. The number of amides is 1. The molecule has 0 atom stereocenters. The molecule has 0 aliphatic rings. The van der Waals surface area contributed by atoms with Crippen LogP contribution in [0.25, 0.3) is 0 Å². The molecule has 17 N–H and O–H groups in total. The lowest BCUT2D eigenvalue weighted by atomic mass is 10.4. The first-order valence-electron chi connectivity index (χ1n) is 6.00. The smallest absolute Gasteiger partial charge is 0.382 e. The average molecular weight is 524 g/mol. The number of carbonyl (C=O) groups excluding carboxylic acids is 1. The molecule has 0 saturated carbocycles. The summed E-state index contributed by atoms with van der Waals surface area (Å²) >= 11 is 5.55. The maximum Gasteiger partial charge on any atom is 0.466 e. The number of nitrogen functional groups attached to an aromatic ring is 2. The molecule has 176 valence electrons. The number of halogens is 1. The van der Waals surface area contributed by atoms with Crippen LogP contribution in [0.2, 0.25) is 5.15 Å². The standard InChI is InChI=1S/C6H8ClN7O.3H3O4P/c7-2-4(9)13-3(8)1(12-2)5(15)14-6(10)11;3*1-5(2,3)4/h(H4,8,9,13)(H4,10,11,14,15);3*(H3,1,2,3,4). The van der Waals surface area contributed by atoms with E-state index in [1.54, 1.807) is 0 Å². The molecule has 30 heavy (non-hydrogen) atoms. The van der Waals surface area contributed by atoms with Crippen molar-refractivity contribution in [1.82, 2.24) is 15.3 Å². The summed E-state index contributed by atoms with van der Waals surface area (Å²) in [4.78, 5) is 83.2. The molecular formula is C6H17ClN7O13P3. The minimum Gasteiger partial charge on any atom is -0.382 e. The van der Waals surface area contributed by atoms with Crippen molar-refractivity contribution in [3.05, 3.63) is 10.8 Å². The second-order valence-corrected chi connectivity index (χ2v) is 7.48. The van der Waals surface area contributed by atoms with Gasteiger partial charge < -0.3 is 61.2 Å². The van der Waals surface area contributed by atoms with E-state index in [1.165, 1.54) is 0 Å². The third kappa shape index (κ3) is 33.8. The number of anilines is 2. The van der Waals surface area contributed by atoms with Gasteiger partial charge in [-0.15, -0.1) is 0 Å². The molecule has 1 rings (SSSR count). The summed E-state index contributed by atoms with van der Waals surface area (Å²) < 4.78 is 26.6. The van der Waals surface area contributed by atoms with Crippen molar-refractivity contribution in [1.29, 1.82) is 5.41 Å². The molecule has 0 radical (unpaired) electrons. The van der Waals surface area contributed by atoms with Crippen LogP contribution in [0.4, 0.5) is 11.6 Å². The van der Waals surface area contributed by atoms with Crippen molar-refractivity contribution in [2.24, 2.45) is 5.73 Å². The molecule has 1 amide bonds. The number of nitrogens with zero attached hydrogens (tertiary/aromatic N) is 2. The molecular weight excluding hydrogens is 506 g/mol. The van der Waals surface area contributed by atoms with Crippen molar-refractivity contribution in [2.45, 2.75) is 0 Å². The van der Waals surface area contributed by atoms with E-state index in [-0.39, 0.29) is 22.5 Å². The molecule has 0 fully saturated rings. The Kier molecular flexibility index (Phi) is 14.8. The van der Waals surface area contributed by atoms with Crippen LogP contribution in [0.3, 0.4) is 0 Å². The van der Waals surface area contributed by atoms with Crippen LogP contribution in [0.5, 0.6) is 0 Å². The fraction of sp³-hybridized carbons (Fsp3) is 0. The van der Waals surface area contributed by atoms with Gasteiger partial charge in [0.25, 0.3) is 5.91 Å².